The Kier molecular flexibility index (Phi) is 3.64. The molecule has 14 heavy (non-hydrogen) atoms. The third-order valence-electron chi connectivity index (χ3n) is 1.85. The van der Waals surface area contributed by atoms with E-state index in [0.29, 0.717) is 0 Å². The Hall–Kier alpha value is -1.36. The molecule has 1 aliphatic heterocycles. The Morgan fingerprint density at radius 1 is 1.29 bits per heavy atom. The molecule has 0 N–H and O–H groups in total. The molecular formula is C9H12O5. The average molecular weight is 200 g/mol. The number of esters is 2. The SMILES string of the molecule is COC(=O)C[C@@H]1C=C[C@H](C(=O)OC)O1. The van der Waals surface area contributed by atoms with Crippen molar-refractivity contribution in [3.05, 3.63) is 12.2 Å². The Labute approximate surface area is 81.6 Å². The van der Waals surface area contributed by atoms with Crippen LogP contribution in [0.5, 0.6) is 0 Å². The van der Waals surface area contributed by atoms with Gasteiger partial charge >= 0.3 is 11.9 Å². The Morgan fingerprint density at radius 3 is 2.57 bits per heavy atom. The fourth-order valence-corrected chi connectivity index (χ4v) is 1.12. The molecule has 0 fully saturated rings. The number of ether oxygens (including phenoxy) is 3. The predicted molar refractivity (Wildman–Crippen MR) is 46.5 cm³/mol. The van der Waals surface area contributed by atoms with Crippen LogP contribution in [0.15, 0.2) is 12.2 Å². The smallest absolute Gasteiger partial charge is 0.339 e. The molecule has 5 heteroatoms. The van der Waals surface area contributed by atoms with E-state index in [9.17, 15) is 9.59 Å². The first-order valence-electron chi connectivity index (χ1n) is 4.15. The van der Waals surface area contributed by atoms with Gasteiger partial charge in [0.15, 0.2) is 6.10 Å². The maximum Gasteiger partial charge on any atom is 0.339 e. The van der Waals surface area contributed by atoms with Gasteiger partial charge in [0.05, 0.1) is 26.7 Å². The summed E-state index contributed by atoms with van der Waals surface area (Å²) in [6, 6.07) is 0. The monoisotopic (exact) mass is 200 g/mol. The van der Waals surface area contributed by atoms with Gasteiger partial charge < -0.3 is 14.2 Å². The predicted octanol–water partition coefficient (Wildman–Crippen LogP) is 0.0461. The van der Waals surface area contributed by atoms with Crippen molar-refractivity contribution in [1.29, 1.82) is 0 Å². The standard InChI is InChI=1S/C9H12O5/c1-12-8(10)5-6-3-4-7(14-6)9(11)13-2/h3-4,6-7H,5H2,1-2H3/t6-,7+/m0/s1. The highest BCUT2D eigenvalue weighted by Gasteiger charge is 2.27. The summed E-state index contributed by atoms with van der Waals surface area (Å²) in [4.78, 5) is 21.9. The third-order valence-corrected chi connectivity index (χ3v) is 1.85. The third kappa shape index (κ3) is 2.56. The van der Waals surface area contributed by atoms with E-state index in [0.717, 1.165) is 0 Å². The van der Waals surface area contributed by atoms with Gasteiger partial charge in [-0.1, -0.05) is 6.08 Å². The summed E-state index contributed by atoms with van der Waals surface area (Å²) >= 11 is 0. The van der Waals surface area contributed by atoms with E-state index in [2.05, 4.69) is 9.47 Å². The van der Waals surface area contributed by atoms with Crippen molar-refractivity contribution in [2.75, 3.05) is 14.2 Å². The molecule has 0 aromatic heterocycles. The summed E-state index contributed by atoms with van der Waals surface area (Å²) in [6.07, 6.45) is 2.24. The van der Waals surface area contributed by atoms with Gasteiger partial charge in [0.1, 0.15) is 0 Å². The summed E-state index contributed by atoms with van der Waals surface area (Å²) in [5, 5.41) is 0. The lowest BCUT2D eigenvalue weighted by molar-refractivity contribution is -0.154. The minimum Gasteiger partial charge on any atom is -0.469 e. The molecule has 0 aliphatic carbocycles. The quantitative estimate of drug-likeness (QED) is 0.475. The van der Waals surface area contributed by atoms with Crippen LogP contribution in [-0.4, -0.2) is 38.4 Å². The van der Waals surface area contributed by atoms with Gasteiger partial charge in [-0.05, 0) is 6.08 Å². The maximum absolute atomic E-state index is 11.0. The van der Waals surface area contributed by atoms with Gasteiger partial charge in [0, 0.05) is 0 Å². The lowest BCUT2D eigenvalue weighted by Crippen LogP contribution is -2.24. The van der Waals surface area contributed by atoms with Crippen molar-refractivity contribution in [3.63, 3.8) is 0 Å². The van der Waals surface area contributed by atoms with E-state index in [1.165, 1.54) is 14.2 Å². The van der Waals surface area contributed by atoms with E-state index < -0.39 is 18.2 Å². The van der Waals surface area contributed by atoms with Gasteiger partial charge in [-0.3, -0.25) is 4.79 Å². The molecule has 78 valence electrons. The molecule has 0 unspecified atom stereocenters. The van der Waals surface area contributed by atoms with Crippen molar-refractivity contribution in [2.45, 2.75) is 18.6 Å². The van der Waals surface area contributed by atoms with Crippen LogP contribution in [0.3, 0.4) is 0 Å². The second-order valence-electron chi connectivity index (χ2n) is 2.78. The highest BCUT2D eigenvalue weighted by Crippen LogP contribution is 2.15. The molecule has 0 aromatic carbocycles. The summed E-state index contributed by atoms with van der Waals surface area (Å²) < 4.78 is 14.1. The highest BCUT2D eigenvalue weighted by molar-refractivity contribution is 5.77. The molecule has 1 aliphatic rings. The van der Waals surface area contributed by atoms with Crippen LogP contribution in [0.4, 0.5) is 0 Å². The van der Waals surface area contributed by atoms with Crippen LogP contribution < -0.4 is 0 Å². The molecular weight excluding hydrogens is 188 g/mol. The van der Waals surface area contributed by atoms with Gasteiger partial charge in [0.2, 0.25) is 0 Å². The lowest BCUT2D eigenvalue weighted by Gasteiger charge is -2.10. The van der Waals surface area contributed by atoms with Gasteiger partial charge in [-0.25, -0.2) is 4.79 Å². The topological polar surface area (TPSA) is 61.8 Å². The molecule has 1 heterocycles. The van der Waals surface area contributed by atoms with Crippen LogP contribution in [0.1, 0.15) is 6.42 Å². The van der Waals surface area contributed by atoms with Crippen LogP contribution >= 0.6 is 0 Å². The van der Waals surface area contributed by atoms with E-state index in [4.69, 9.17) is 4.74 Å². The Balaban J connectivity index is 2.39. The zero-order chi connectivity index (χ0) is 10.6. The fourth-order valence-electron chi connectivity index (χ4n) is 1.12. The number of hydrogen-bond acceptors (Lipinski definition) is 5. The first-order chi connectivity index (χ1) is 6.67. The first-order valence-corrected chi connectivity index (χ1v) is 4.15. The Bertz CT molecular complexity index is 258. The van der Waals surface area contributed by atoms with Crippen LogP contribution in [0, 0.1) is 0 Å². The maximum atomic E-state index is 11.0. The normalized spacial score (nSPS) is 24.7. The van der Waals surface area contributed by atoms with Gasteiger partial charge in [0.25, 0.3) is 0 Å². The molecule has 0 spiro atoms. The molecule has 0 radical (unpaired) electrons. The zero-order valence-corrected chi connectivity index (χ0v) is 8.06. The van der Waals surface area contributed by atoms with Crippen LogP contribution in [-0.2, 0) is 23.8 Å². The van der Waals surface area contributed by atoms with Crippen molar-refractivity contribution >= 4 is 11.9 Å². The van der Waals surface area contributed by atoms with Crippen molar-refractivity contribution < 1.29 is 23.8 Å². The van der Waals surface area contributed by atoms with Gasteiger partial charge in [-0.15, -0.1) is 0 Å². The number of carbonyl (C=O) groups excluding carboxylic acids is 2. The molecule has 0 amide bonds. The molecule has 0 saturated heterocycles. The van der Waals surface area contributed by atoms with Gasteiger partial charge in [-0.2, -0.15) is 0 Å². The van der Waals surface area contributed by atoms with Crippen molar-refractivity contribution in [3.8, 4) is 0 Å². The average Bonchev–Trinajstić information content (AvgIpc) is 2.65. The van der Waals surface area contributed by atoms with E-state index in [1.807, 2.05) is 0 Å². The molecule has 1 rings (SSSR count). The summed E-state index contributed by atoms with van der Waals surface area (Å²) in [5.41, 5.74) is 0. The van der Waals surface area contributed by atoms with E-state index in [1.54, 1.807) is 12.2 Å². The number of hydrogen-bond donors (Lipinski definition) is 0. The van der Waals surface area contributed by atoms with E-state index >= 15 is 0 Å². The first kappa shape index (κ1) is 10.7. The molecule has 0 aromatic rings. The van der Waals surface area contributed by atoms with Crippen LogP contribution in [0.25, 0.3) is 0 Å². The minimum atomic E-state index is -0.699. The van der Waals surface area contributed by atoms with Crippen molar-refractivity contribution in [2.24, 2.45) is 0 Å². The minimum absolute atomic E-state index is 0.112. The summed E-state index contributed by atoms with van der Waals surface area (Å²) in [5.74, 6) is -0.834. The molecule has 0 saturated carbocycles. The number of carbonyl (C=O) groups is 2. The van der Waals surface area contributed by atoms with Crippen molar-refractivity contribution in [1.82, 2.24) is 0 Å². The summed E-state index contributed by atoms with van der Waals surface area (Å²) in [7, 11) is 2.59. The molecule has 5 nitrogen and oxygen atoms in total. The lowest BCUT2D eigenvalue weighted by atomic mass is 10.2. The second kappa shape index (κ2) is 4.76. The van der Waals surface area contributed by atoms with E-state index in [-0.39, 0.29) is 12.4 Å². The molecule has 2 atom stereocenters. The molecule has 0 bridgehead atoms. The number of rotatable bonds is 3. The largest absolute Gasteiger partial charge is 0.469 e. The number of methoxy groups -OCH3 is 2. The second-order valence-corrected chi connectivity index (χ2v) is 2.78. The fraction of sp³-hybridized carbons (Fsp3) is 0.556. The summed E-state index contributed by atoms with van der Waals surface area (Å²) in [6.45, 7) is 0. The zero-order valence-electron chi connectivity index (χ0n) is 8.06. The Morgan fingerprint density at radius 2 is 2.00 bits per heavy atom. The van der Waals surface area contributed by atoms with Crippen LogP contribution in [0.2, 0.25) is 0 Å². The highest BCUT2D eigenvalue weighted by atomic mass is 16.6.